The zero-order valence-electron chi connectivity index (χ0n) is 17.8. The summed E-state index contributed by atoms with van der Waals surface area (Å²) >= 11 is -3.61. The van der Waals surface area contributed by atoms with Gasteiger partial charge < -0.3 is 0 Å². The molecule has 28 heavy (non-hydrogen) atoms. The van der Waals surface area contributed by atoms with Crippen LogP contribution in [0, 0.1) is 5.92 Å². The second-order valence-electron chi connectivity index (χ2n) is 10.1. The van der Waals surface area contributed by atoms with E-state index in [0.717, 1.165) is 19.3 Å². The summed E-state index contributed by atoms with van der Waals surface area (Å²) in [5.41, 5.74) is 5.73. The zero-order chi connectivity index (χ0) is 20.0. The second-order valence-corrected chi connectivity index (χ2v) is 45.4. The molecule has 1 amide bonds. The molecular weight excluding hydrogens is 438 g/mol. The number of amides is 1. The third-order valence-electron chi connectivity index (χ3n) is 7.90. The Morgan fingerprint density at radius 3 is 2.36 bits per heavy atom. The molecular formula is C24H34NOSiZr. The van der Waals surface area contributed by atoms with Crippen LogP contribution in [0.5, 0.6) is 0 Å². The van der Waals surface area contributed by atoms with E-state index < -0.39 is 24.2 Å². The van der Waals surface area contributed by atoms with Gasteiger partial charge in [0.25, 0.3) is 0 Å². The van der Waals surface area contributed by atoms with Crippen LogP contribution in [0.2, 0.25) is 22.4 Å². The maximum absolute atomic E-state index is 13.4. The molecule has 0 bridgehead atoms. The summed E-state index contributed by atoms with van der Waals surface area (Å²) in [6.45, 7) is 4.93. The van der Waals surface area contributed by atoms with Gasteiger partial charge in [-0.2, -0.15) is 0 Å². The first kappa shape index (κ1) is 20.3. The standard InChI is InChI=1S/C13H9.C7H13NO.C2H7Si.2CH3.Zr/c1-3-7-12-10(5-1)9-11-6-2-4-8-13(11)12;8-7(9)6-4-2-1-3-5-6;1-3-2;;;/h1-5,7-8H,9H2;6H,1-5H2,(H2,8,9);3H,1-2H3;2*1H3;/q;;;;;+1/p-1. The number of rotatable bonds is 4. The van der Waals surface area contributed by atoms with Crippen molar-refractivity contribution < 1.29 is 23.0 Å². The van der Waals surface area contributed by atoms with E-state index in [4.69, 9.17) is 0 Å². The molecule has 1 fully saturated rings. The Morgan fingerprint density at radius 2 is 1.64 bits per heavy atom. The summed E-state index contributed by atoms with van der Waals surface area (Å²) in [5, 5.41) is 0. The fourth-order valence-electron chi connectivity index (χ4n) is 5.25. The van der Waals surface area contributed by atoms with Crippen molar-refractivity contribution in [3.8, 4) is 11.1 Å². The Labute approximate surface area is 172 Å². The third kappa shape index (κ3) is 3.31. The van der Waals surface area contributed by atoms with E-state index in [0.29, 0.717) is 5.91 Å². The van der Waals surface area contributed by atoms with Crippen molar-refractivity contribution in [1.82, 2.24) is 3.26 Å². The Bertz CT molecular complexity index is 915. The predicted octanol–water partition coefficient (Wildman–Crippen LogP) is 5.26. The summed E-state index contributed by atoms with van der Waals surface area (Å²) in [6.07, 6.45) is 6.90. The molecule has 0 radical (unpaired) electrons. The Balaban J connectivity index is 1.77. The zero-order valence-corrected chi connectivity index (χ0v) is 21.5. The van der Waals surface area contributed by atoms with Crippen molar-refractivity contribution in [3.63, 3.8) is 0 Å². The minimum atomic E-state index is -3.61. The molecule has 0 spiro atoms. The molecule has 2 aromatic rings. The van der Waals surface area contributed by atoms with Gasteiger partial charge in [-0.3, -0.25) is 0 Å². The molecule has 0 aliphatic heterocycles. The average molecular weight is 472 g/mol. The van der Waals surface area contributed by atoms with Gasteiger partial charge in [-0.25, -0.2) is 0 Å². The van der Waals surface area contributed by atoms with Crippen LogP contribution in [0.15, 0.2) is 42.5 Å². The molecule has 2 aromatic carbocycles. The summed E-state index contributed by atoms with van der Waals surface area (Å²) < 4.78 is 10.4. The van der Waals surface area contributed by atoms with Crippen molar-refractivity contribution in [2.24, 2.45) is 5.92 Å². The van der Waals surface area contributed by atoms with Crippen molar-refractivity contribution in [2.45, 2.75) is 60.9 Å². The van der Waals surface area contributed by atoms with Gasteiger partial charge in [0.15, 0.2) is 0 Å². The molecule has 4 heteroatoms. The van der Waals surface area contributed by atoms with Crippen LogP contribution in [-0.4, -0.2) is 11.8 Å². The van der Waals surface area contributed by atoms with Gasteiger partial charge in [-0.05, 0) is 0 Å². The fourth-order valence-corrected chi connectivity index (χ4v) is 22.3. The third-order valence-corrected chi connectivity index (χ3v) is 47.3. The molecule has 2 aliphatic rings. The number of benzene rings is 2. The number of carbonyl (C=O) groups is 1. The molecule has 1 N–H and O–H groups in total. The van der Waals surface area contributed by atoms with Crippen LogP contribution < -0.4 is 6.53 Å². The Hall–Kier alpha value is -0.990. The van der Waals surface area contributed by atoms with Gasteiger partial charge in [-0.15, -0.1) is 0 Å². The van der Waals surface area contributed by atoms with E-state index in [9.17, 15) is 4.79 Å². The van der Waals surface area contributed by atoms with Gasteiger partial charge in [0.05, 0.1) is 0 Å². The predicted molar refractivity (Wildman–Crippen MR) is 120 cm³/mol. The average Bonchev–Trinajstić information content (AvgIpc) is 3.07. The van der Waals surface area contributed by atoms with Crippen molar-refractivity contribution in [1.29, 1.82) is 0 Å². The minimum absolute atomic E-state index is 0.239. The second kappa shape index (κ2) is 7.36. The first-order valence-electron chi connectivity index (χ1n) is 11.0. The molecule has 2 aliphatic carbocycles. The SMILES string of the molecule is C[SiH](C)[Zr]([CH3])([CH3])([NH]C(=O)C1CCCCC1)[c]1cccc2c1Cc1ccccc1-2. The van der Waals surface area contributed by atoms with Gasteiger partial charge >= 0.3 is 173 Å². The van der Waals surface area contributed by atoms with Gasteiger partial charge in [-0.1, -0.05) is 0 Å². The molecule has 0 heterocycles. The van der Waals surface area contributed by atoms with Gasteiger partial charge in [0.2, 0.25) is 0 Å². The number of hydrogen-bond donors (Lipinski definition) is 1. The normalized spacial score (nSPS) is 18.2. The number of fused-ring (bicyclic) bond motifs is 3. The quantitative estimate of drug-likeness (QED) is 0.516. The Kier molecular flexibility index (Phi) is 5.33. The molecule has 0 atom stereocenters. The molecule has 2 nitrogen and oxygen atoms in total. The van der Waals surface area contributed by atoms with Crippen molar-refractivity contribution in [3.05, 3.63) is 53.6 Å². The topological polar surface area (TPSA) is 29.1 Å². The summed E-state index contributed by atoms with van der Waals surface area (Å²) in [7, 11) is 0. The molecule has 0 saturated heterocycles. The van der Waals surface area contributed by atoms with Crippen molar-refractivity contribution >= 4 is 15.1 Å². The van der Waals surface area contributed by atoms with Crippen LogP contribution in [0.1, 0.15) is 43.2 Å². The fraction of sp³-hybridized carbons (Fsp3) is 0.458. The molecule has 149 valence electrons. The van der Waals surface area contributed by atoms with E-state index in [1.807, 2.05) is 0 Å². The number of carbonyl (C=O) groups excluding carboxylic acids is 1. The molecule has 1 saturated carbocycles. The van der Waals surface area contributed by atoms with Gasteiger partial charge in [0.1, 0.15) is 0 Å². The van der Waals surface area contributed by atoms with E-state index in [1.165, 1.54) is 41.5 Å². The molecule has 4 rings (SSSR count). The first-order chi connectivity index (χ1) is 13.3. The van der Waals surface area contributed by atoms with Crippen molar-refractivity contribution in [2.75, 3.05) is 0 Å². The van der Waals surface area contributed by atoms with Crippen LogP contribution >= 0.6 is 0 Å². The van der Waals surface area contributed by atoms with Crippen LogP contribution in [-0.2, 0) is 29.4 Å². The first-order valence-corrected chi connectivity index (χ1v) is 25.5. The maximum atomic E-state index is 13.4. The van der Waals surface area contributed by atoms with Crippen LogP contribution in [0.4, 0.5) is 0 Å². The molecule has 0 aromatic heterocycles. The number of hydrogen-bond acceptors (Lipinski definition) is 1. The van der Waals surface area contributed by atoms with E-state index in [2.05, 4.69) is 68.1 Å². The summed E-state index contributed by atoms with van der Waals surface area (Å²) in [6, 6.07) is 15.7. The van der Waals surface area contributed by atoms with Gasteiger partial charge in [0, 0.05) is 0 Å². The monoisotopic (exact) mass is 470 g/mol. The van der Waals surface area contributed by atoms with E-state index in [1.54, 1.807) is 3.27 Å². The number of nitrogens with one attached hydrogen (secondary N) is 1. The van der Waals surface area contributed by atoms with Crippen LogP contribution in [0.25, 0.3) is 11.1 Å². The van der Waals surface area contributed by atoms with Crippen LogP contribution in [0.3, 0.4) is 0 Å². The summed E-state index contributed by atoms with van der Waals surface area (Å²) in [4.78, 5) is 13.4. The Morgan fingerprint density at radius 1 is 0.964 bits per heavy atom. The van der Waals surface area contributed by atoms with E-state index >= 15 is 0 Å². The summed E-state index contributed by atoms with van der Waals surface area (Å²) in [5.74, 6) is -0.502. The molecule has 0 unspecified atom stereocenters. The van der Waals surface area contributed by atoms with E-state index in [-0.39, 0.29) is 5.92 Å².